The molecule has 8 aliphatic rings. The molecule has 8 aliphatic heterocycles. The van der Waals surface area contributed by atoms with Crippen molar-refractivity contribution in [2.75, 3.05) is 46.2 Å². The summed E-state index contributed by atoms with van der Waals surface area (Å²) in [5.74, 6) is -8.40. The maximum absolute atomic E-state index is 13.4. The second kappa shape index (κ2) is 36.3. The minimum absolute atomic E-state index is 0.876. The Hall–Kier alpha value is -3.64. The van der Waals surface area contributed by atoms with Crippen molar-refractivity contribution in [1.82, 2.24) is 16.0 Å². The first-order valence-corrected chi connectivity index (χ1v) is 32.6. The minimum atomic E-state index is -3.32. The van der Waals surface area contributed by atoms with E-state index in [1.54, 1.807) is 0 Å². The molecule has 0 spiro atoms. The fourth-order valence-electron chi connectivity index (χ4n) is 13.3. The Kier molecular flexibility index (Phi) is 29.9. The molecule has 27 N–H and O–H groups in total. The van der Waals surface area contributed by atoms with Crippen molar-refractivity contribution in [3.8, 4) is 0 Å². The Morgan fingerprint density at radius 3 is 1.24 bits per heavy atom. The predicted octanol–water partition coefficient (Wildman–Crippen LogP) is -17.8. The Morgan fingerprint density at radius 1 is 0.398 bits per heavy atom. The van der Waals surface area contributed by atoms with E-state index in [-0.39, 0.29) is 0 Å². The molecule has 0 aromatic heterocycles. The summed E-state index contributed by atoms with van der Waals surface area (Å²) in [6.45, 7) is -4.20. The minimum Gasteiger partial charge on any atom is -0.477 e. The summed E-state index contributed by atoms with van der Waals surface area (Å²) in [6, 6.07) is -5.88. The molecule has 0 aromatic carbocycles. The van der Waals surface area contributed by atoms with E-state index in [0.29, 0.717) is 0 Å². The van der Waals surface area contributed by atoms with Gasteiger partial charge in [-0.2, -0.15) is 0 Å². The van der Waals surface area contributed by atoms with Gasteiger partial charge in [0, 0.05) is 27.2 Å². The van der Waals surface area contributed by atoms with Gasteiger partial charge in [0.15, 0.2) is 44.0 Å². The maximum Gasteiger partial charge on any atom is 0.364 e. The van der Waals surface area contributed by atoms with Gasteiger partial charge in [-0.1, -0.05) is 0 Å². The summed E-state index contributed by atoms with van der Waals surface area (Å²) in [4.78, 5) is 52.2. The molecule has 8 heterocycles. The molecule has 0 aliphatic carbocycles. The predicted molar refractivity (Wildman–Crippen MR) is 315 cm³/mol. The van der Waals surface area contributed by atoms with Crippen molar-refractivity contribution in [3.05, 3.63) is 0 Å². The van der Waals surface area contributed by atoms with Gasteiger partial charge in [-0.05, 0) is 6.92 Å². The Labute approximate surface area is 582 Å². The van der Waals surface area contributed by atoms with Crippen LogP contribution in [0.25, 0.3) is 0 Å². The number of ether oxygens (including phenoxy) is 15. The van der Waals surface area contributed by atoms with Gasteiger partial charge in [-0.3, -0.25) is 14.4 Å². The summed E-state index contributed by atoms with van der Waals surface area (Å²) in [7, 11) is 0. The van der Waals surface area contributed by atoms with Gasteiger partial charge in [0.1, 0.15) is 183 Å². The number of rotatable bonds is 27. The molecule has 8 saturated heterocycles. The highest BCUT2D eigenvalue weighted by Crippen LogP contribution is 2.42. The van der Waals surface area contributed by atoms with E-state index in [1.165, 1.54) is 6.92 Å². The van der Waals surface area contributed by atoms with Gasteiger partial charge in [0.2, 0.25) is 17.7 Å². The first-order valence-electron chi connectivity index (χ1n) is 32.6. The second-order valence-electron chi connectivity index (χ2n) is 26.0. The number of aliphatic hydroxyl groups excluding tert-OH is 23. The fraction of sp³-hybridized carbons (Fsp3) is 0.930. The number of carbonyl (C=O) groups excluding carboxylic acids is 3. The molecule has 0 saturated carbocycles. The molecular weight excluding hydrogens is 1410 g/mol. The standard InChI is InChI=1S/C57H95N3O43/c1-13-28(73)35(80)38(83)52(89-13)101-48-47(34(79)23(11-66)95-55(48)98-43-27(60-16(4)70)50(91-20(8-63)31(43)76)99-45-32(77)21(9-64)93-53(39(45)84)96-41-24(12-67)90-49(86)37(82)36(41)81)100-51-26(59-15(3)69)42(30(75)19(7-62)92-51)97-54-40(85)46(33(78)22(10-65)94-54)103-57(56(87)88)5-17(71)25(58-14(2)68)44(102-57)29(74)18(72)6-61/h13,17-55,61-67,71-86H,5-12H2,1-4H3,(H,58,68)(H,59,69)(H,60,70)(H,87,88)/t13-,17+,18-,19-,20-,21-,22-,23-,24-,25-,26-,27-,28+,29-,30+,31+,32+,33+,34+,35+,36-,37-,38-,39-,40-,41-,42-,43-,44-,45+,46+,47+,48-,49-,50+,51-,52-,53+,54+,55+,57+/m1/s1. The lowest BCUT2D eigenvalue weighted by Gasteiger charge is -2.52. The van der Waals surface area contributed by atoms with Gasteiger partial charge in [0.25, 0.3) is 5.79 Å². The van der Waals surface area contributed by atoms with Crippen molar-refractivity contribution < 1.29 is 213 Å². The van der Waals surface area contributed by atoms with Crippen LogP contribution in [0.3, 0.4) is 0 Å². The van der Waals surface area contributed by atoms with E-state index in [9.17, 15) is 142 Å². The van der Waals surface area contributed by atoms with E-state index < -0.39 is 327 Å². The van der Waals surface area contributed by atoms with Crippen LogP contribution in [0.2, 0.25) is 0 Å². The molecule has 0 bridgehead atoms. The van der Waals surface area contributed by atoms with Crippen LogP contribution >= 0.6 is 0 Å². The highest BCUT2D eigenvalue weighted by molar-refractivity contribution is 5.77. The van der Waals surface area contributed by atoms with Gasteiger partial charge in [-0.25, -0.2) is 4.79 Å². The molecule has 0 radical (unpaired) electrons. The van der Waals surface area contributed by atoms with Crippen molar-refractivity contribution in [1.29, 1.82) is 0 Å². The molecular formula is C57H95N3O43. The molecule has 46 nitrogen and oxygen atoms in total. The maximum atomic E-state index is 13.4. The number of carboxylic acid groups (broad SMARTS) is 1. The molecule has 46 heteroatoms. The number of nitrogens with one attached hydrogen (secondary N) is 3. The third-order valence-electron chi connectivity index (χ3n) is 18.8. The summed E-state index contributed by atoms with van der Waals surface area (Å²) >= 11 is 0. The number of amides is 3. The van der Waals surface area contributed by atoms with E-state index in [4.69, 9.17) is 71.1 Å². The van der Waals surface area contributed by atoms with Crippen LogP contribution in [0.15, 0.2) is 0 Å². The summed E-state index contributed by atoms with van der Waals surface area (Å²) in [5.41, 5.74) is 0. The van der Waals surface area contributed by atoms with E-state index in [1.807, 2.05) is 0 Å². The largest absolute Gasteiger partial charge is 0.477 e. The Morgan fingerprint density at radius 2 is 0.777 bits per heavy atom. The smallest absolute Gasteiger partial charge is 0.364 e. The zero-order chi connectivity index (χ0) is 76.3. The molecule has 103 heavy (non-hydrogen) atoms. The highest BCUT2D eigenvalue weighted by atomic mass is 16.8. The number of aliphatic hydroxyl groups is 23. The summed E-state index contributed by atoms with van der Waals surface area (Å²) in [6.07, 6.45) is -80.5. The Balaban J connectivity index is 1.15. The van der Waals surface area contributed by atoms with Crippen LogP contribution in [0, 0.1) is 0 Å². The SMILES string of the molecule is CC(=O)N[C@H]1[C@@H](O[C@H]2[C@@H](O)[C@@H](CO)O[C@@H](O[C@H]3[C@@H](O)[C@@H](CO)O[C@@H](O[C@H]4[C@@H](O)[C@@H](CO)O[C@@H](O[C@H]5[C@H](O)[C@@H](O)[C@H](O)O[C@@H]5CO)[C@@H]4O)[C@@H]3NC(C)=O)[C@@H]2O[C@H]2O[C@H](C)[C@H](O)[C@H](O)[C@H]2O)O[C@H](CO)[C@H](O)[C@@H]1O[C@@H]1O[C@H](CO)[C@H](O)[C@H](O[C@]2(C(=O)O)C[C@H](O)[C@@H](NC(C)=O)[C@H]([C@H](O)[C@H](O)CO)O2)[C@H]1O. The van der Waals surface area contributed by atoms with Crippen molar-refractivity contribution in [3.63, 3.8) is 0 Å². The second-order valence-corrected chi connectivity index (χ2v) is 26.0. The average molecular weight is 1510 g/mol. The van der Waals surface area contributed by atoms with Crippen LogP contribution < -0.4 is 16.0 Å². The number of carbonyl (C=O) groups is 4. The van der Waals surface area contributed by atoms with Gasteiger partial charge in [-0.15, -0.1) is 0 Å². The number of hydrogen-bond acceptors (Lipinski definition) is 42. The molecule has 596 valence electrons. The molecule has 3 amide bonds. The number of hydrogen-bond donors (Lipinski definition) is 27. The topological polar surface area (TPSA) is 728 Å². The Bertz CT molecular complexity index is 2730. The first kappa shape index (κ1) is 85.0. The normalized spacial score (nSPS) is 48.3. The number of aliphatic carboxylic acids is 1. The van der Waals surface area contributed by atoms with Crippen LogP contribution in [0.1, 0.15) is 34.1 Å². The molecule has 8 rings (SSSR count). The summed E-state index contributed by atoms with van der Waals surface area (Å²) < 4.78 is 88.6. The lowest BCUT2D eigenvalue weighted by molar-refractivity contribution is -0.404. The average Bonchev–Trinajstić information content (AvgIpc) is 0.761. The molecule has 0 aromatic rings. The lowest BCUT2D eigenvalue weighted by atomic mass is 9.88. The van der Waals surface area contributed by atoms with E-state index >= 15 is 0 Å². The van der Waals surface area contributed by atoms with Crippen LogP contribution in [-0.4, -0.2) is 444 Å². The zero-order valence-electron chi connectivity index (χ0n) is 55.2. The third-order valence-corrected chi connectivity index (χ3v) is 18.8. The van der Waals surface area contributed by atoms with Crippen LogP contribution in [0.5, 0.6) is 0 Å². The van der Waals surface area contributed by atoms with Crippen LogP contribution in [-0.2, 0) is 90.2 Å². The fourth-order valence-corrected chi connectivity index (χ4v) is 13.3. The lowest BCUT2D eigenvalue weighted by Crippen LogP contribution is -2.72. The van der Waals surface area contributed by atoms with E-state index in [2.05, 4.69) is 16.0 Å². The van der Waals surface area contributed by atoms with Gasteiger partial charge in [0.05, 0.1) is 64.5 Å². The van der Waals surface area contributed by atoms with Gasteiger partial charge < -0.3 is 210 Å². The summed E-state index contributed by atoms with van der Waals surface area (Å²) in [5, 5.41) is 272. The van der Waals surface area contributed by atoms with E-state index in [0.717, 1.165) is 20.8 Å². The van der Waals surface area contributed by atoms with Crippen molar-refractivity contribution >= 4 is 23.7 Å². The quantitative estimate of drug-likeness (QED) is 0.0363. The van der Waals surface area contributed by atoms with Crippen molar-refractivity contribution in [2.45, 2.75) is 285 Å². The third kappa shape index (κ3) is 18.3. The highest BCUT2D eigenvalue weighted by Gasteiger charge is 2.63. The van der Waals surface area contributed by atoms with Gasteiger partial charge >= 0.3 is 5.97 Å². The first-order chi connectivity index (χ1) is 48.5. The monoisotopic (exact) mass is 1510 g/mol. The molecule has 0 unspecified atom stereocenters. The van der Waals surface area contributed by atoms with Crippen molar-refractivity contribution in [2.24, 2.45) is 0 Å². The number of carboxylic acids is 1. The molecule has 41 atom stereocenters. The zero-order valence-corrected chi connectivity index (χ0v) is 55.2. The molecule has 8 fully saturated rings. The van der Waals surface area contributed by atoms with Crippen LogP contribution in [0.4, 0.5) is 0 Å².